The van der Waals surface area contributed by atoms with Crippen molar-refractivity contribution in [1.29, 1.82) is 0 Å². The summed E-state index contributed by atoms with van der Waals surface area (Å²) in [6, 6.07) is 41.3. The normalized spacial score (nSPS) is 11.4. The van der Waals surface area contributed by atoms with Crippen LogP contribution in [0.2, 0.25) is 5.02 Å². The fourth-order valence-electron chi connectivity index (χ4n) is 5.02. The molecule has 174 valence electrons. The number of rotatable bonds is 3. The van der Waals surface area contributed by atoms with Crippen LogP contribution in [0.1, 0.15) is 0 Å². The fourth-order valence-corrected chi connectivity index (χ4v) is 5.21. The van der Waals surface area contributed by atoms with Crippen molar-refractivity contribution in [2.45, 2.75) is 0 Å². The molecule has 7 rings (SSSR count). The standard InChI is InChI=1S/C33H20ClN3/c34-24-13-8-12-23(19-24)32-35-31(22-10-2-1-3-11-22)36-33(37-32)30-20-29-25-14-5-4-9-21(25)17-18-28(29)26-15-6-7-16-27(26)30/h1-20H. The maximum atomic E-state index is 6.34. The molecule has 0 atom stereocenters. The van der Waals surface area contributed by atoms with Gasteiger partial charge in [-0.3, -0.25) is 0 Å². The smallest absolute Gasteiger partial charge is 0.164 e. The third-order valence-electron chi connectivity index (χ3n) is 6.76. The van der Waals surface area contributed by atoms with Crippen LogP contribution in [0.4, 0.5) is 0 Å². The van der Waals surface area contributed by atoms with E-state index in [1.54, 1.807) is 0 Å². The first-order valence-electron chi connectivity index (χ1n) is 12.2. The van der Waals surface area contributed by atoms with Crippen LogP contribution in [-0.4, -0.2) is 15.0 Å². The maximum absolute atomic E-state index is 6.34. The van der Waals surface area contributed by atoms with Crippen LogP contribution in [-0.2, 0) is 0 Å². The highest BCUT2D eigenvalue weighted by molar-refractivity contribution is 6.30. The topological polar surface area (TPSA) is 38.7 Å². The summed E-state index contributed by atoms with van der Waals surface area (Å²) in [5.41, 5.74) is 2.76. The minimum absolute atomic E-state index is 0.591. The number of hydrogen-bond acceptors (Lipinski definition) is 3. The second-order valence-corrected chi connectivity index (χ2v) is 9.47. The van der Waals surface area contributed by atoms with Crippen LogP contribution in [0.5, 0.6) is 0 Å². The molecular formula is C33H20ClN3. The first-order chi connectivity index (χ1) is 18.2. The van der Waals surface area contributed by atoms with Crippen molar-refractivity contribution in [2.75, 3.05) is 0 Å². The number of nitrogens with zero attached hydrogens (tertiary/aromatic N) is 3. The molecule has 0 radical (unpaired) electrons. The predicted octanol–water partition coefficient (Wildman–Crippen LogP) is 8.99. The Balaban J connectivity index is 1.58. The third-order valence-corrected chi connectivity index (χ3v) is 6.99. The van der Waals surface area contributed by atoms with E-state index in [4.69, 9.17) is 26.6 Å². The van der Waals surface area contributed by atoms with Gasteiger partial charge >= 0.3 is 0 Å². The van der Waals surface area contributed by atoms with Gasteiger partial charge < -0.3 is 0 Å². The highest BCUT2D eigenvalue weighted by Crippen LogP contribution is 2.37. The van der Waals surface area contributed by atoms with Gasteiger partial charge in [0.2, 0.25) is 0 Å². The molecule has 0 amide bonds. The number of aromatic nitrogens is 3. The van der Waals surface area contributed by atoms with Gasteiger partial charge in [-0.05, 0) is 50.5 Å². The highest BCUT2D eigenvalue weighted by atomic mass is 35.5. The average Bonchev–Trinajstić information content (AvgIpc) is 2.97. The molecule has 0 aliphatic rings. The summed E-state index contributed by atoms with van der Waals surface area (Å²) in [4.78, 5) is 14.9. The molecule has 7 aromatic rings. The first kappa shape index (κ1) is 21.7. The molecule has 0 aliphatic carbocycles. The molecule has 0 N–H and O–H groups in total. The van der Waals surface area contributed by atoms with E-state index in [0.29, 0.717) is 22.5 Å². The molecule has 0 bridgehead atoms. The molecular weight excluding hydrogens is 474 g/mol. The van der Waals surface area contributed by atoms with Crippen molar-refractivity contribution >= 4 is 43.9 Å². The molecule has 0 aliphatic heterocycles. The minimum Gasteiger partial charge on any atom is -0.208 e. The van der Waals surface area contributed by atoms with E-state index in [2.05, 4.69) is 66.7 Å². The van der Waals surface area contributed by atoms with Crippen LogP contribution in [0.3, 0.4) is 0 Å². The Morgan fingerprint density at radius 3 is 1.84 bits per heavy atom. The molecule has 0 saturated heterocycles. The van der Waals surface area contributed by atoms with Crippen molar-refractivity contribution in [3.63, 3.8) is 0 Å². The van der Waals surface area contributed by atoms with E-state index in [0.717, 1.165) is 22.1 Å². The molecule has 0 unspecified atom stereocenters. The Bertz CT molecular complexity index is 1950. The molecule has 1 aromatic heterocycles. The van der Waals surface area contributed by atoms with E-state index in [1.807, 2.05) is 54.6 Å². The number of halogens is 1. The van der Waals surface area contributed by atoms with Crippen molar-refractivity contribution in [3.05, 3.63) is 126 Å². The summed E-state index contributed by atoms with van der Waals surface area (Å²) in [5.74, 6) is 1.85. The Morgan fingerprint density at radius 1 is 0.405 bits per heavy atom. The number of benzene rings is 6. The zero-order valence-corrected chi connectivity index (χ0v) is 20.5. The van der Waals surface area contributed by atoms with Gasteiger partial charge in [0.05, 0.1) is 0 Å². The lowest BCUT2D eigenvalue weighted by Gasteiger charge is -2.13. The zero-order valence-electron chi connectivity index (χ0n) is 19.8. The summed E-state index contributed by atoms with van der Waals surface area (Å²) in [6.07, 6.45) is 0. The Kier molecular flexibility index (Phi) is 5.16. The number of fused-ring (bicyclic) bond motifs is 5. The summed E-state index contributed by atoms with van der Waals surface area (Å²) in [5, 5.41) is 7.72. The second kappa shape index (κ2) is 8.81. The van der Waals surface area contributed by atoms with Gasteiger partial charge in [0.15, 0.2) is 17.5 Å². The van der Waals surface area contributed by atoms with Crippen LogP contribution in [0.25, 0.3) is 66.5 Å². The number of hydrogen-bond donors (Lipinski definition) is 0. The van der Waals surface area contributed by atoms with Gasteiger partial charge in [-0.1, -0.05) is 115 Å². The van der Waals surface area contributed by atoms with Gasteiger partial charge in [-0.25, -0.2) is 15.0 Å². The van der Waals surface area contributed by atoms with E-state index in [1.165, 1.54) is 26.9 Å². The molecule has 3 nitrogen and oxygen atoms in total. The van der Waals surface area contributed by atoms with Crippen molar-refractivity contribution < 1.29 is 0 Å². The monoisotopic (exact) mass is 493 g/mol. The largest absolute Gasteiger partial charge is 0.208 e. The molecule has 37 heavy (non-hydrogen) atoms. The average molecular weight is 494 g/mol. The minimum atomic E-state index is 0.591. The molecule has 6 aromatic carbocycles. The SMILES string of the molecule is Clc1cccc(-c2nc(-c3ccccc3)nc(-c3cc4c5ccccc5ccc4c4ccccc34)n2)c1. The lowest BCUT2D eigenvalue weighted by atomic mass is 9.93. The van der Waals surface area contributed by atoms with E-state index < -0.39 is 0 Å². The summed E-state index contributed by atoms with van der Waals surface area (Å²) >= 11 is 6.34. The first-order valence-corrected chi connectivity index (χ1v) is 12.5. The fraction of sp³-hybridized carbons (Fsp3) is 0. The second-order valence-electron chi connectivity index (χ2n) is 9.03. The third kappa shape index (κ3) is 3.81. The molecule has 1 heterocycles. The maximum Gasteiger partial charge on any atom is 0.164 e. The van der Waals surface area contributed by atoms with Gasteiger partial charge in [-0.2, -0.15) is 0 Å². The molecule has 4 heteroatoms. The molecule has 0 saturated carbocycles. The lowest BCUT2D eigenvalue weighted by molar-refractivity contribution is 1.08. The molecule has 0 spiro atoms. The van der Waals surface area contributed by atoms with Gasteiger partial charge in [0, 0.05) is 21.7 Å². The lowest BCUT2D eigenvalue weighted by Crippen LogP contribution is -2.00. The molecule has 0 fully saturated rings. The van der Waals surface area contributed by atoms with Gasteiger partial charge in [0.25, 0.3) is 0 Å². The van der Waals surface area contributed by atoms with E-state index in [9.17, 15) is 0 Å². The van der Waals surface area contributed by atoms with Crippen molar-refractivity contribution in [3.8, 4) is 34.2 Å². The van der Waals surface area contributed by atoms with E-state index in [-0.39, 0.29) is 0 Å². The van der Waals surface area contributed by atoms with Gasteiger partial charge in [0.1, 0.15) is 0 Å². The zero-order chi connectivity index (χ0) is 24.8. The summed E-state index contributed by atoms with van der Waals surface area (Å²) in [7, 11) is 0. The summed E-state index contributed by atoms with van der Waals surface area (Å²) < 4.78 is 0. The van der Waals surface area contributed by atoms with E-state index >= 15 is 0 Å². The van der Waals surface area contributed by atoms with Crippen LogP contribution < -0.4 is 0 Å². The predicted molar refractivity (Wildman–Crippen MR) is 154 cm³/mol. The van der Waals surface area contributed by atoms with Crippen LogP contribution in [0, 0.1) is 0 Å². The van der Waals surface area contributed by atoms with Crippen LogP contribution in [0.15, 0.2) is 121 Å². The Labute approximate surface area is 219 Å². The van der Waals surface area contributed by atoms with Crippen molar-refractivity contribution in [1.82, 2.24) is 15.0 Å². The highest BCUT2D eigenvalue weighted by Gasteiger charge is 2.16. The summed E-state index contributed by atoms with van der Waals surface area (Å²) in [6.45, 7) is 0. The Morgan fingerprint density at radius 2 is 1.03 bits per heavy atom. The van der Waals surface area contributed by atoms with Crippen molar-refractivity contribution in [2.24, 2.45) is 0 Å². The quantitative estimate of drug-likeness (QED) is 0.230. The Hall–Kier alpha value is -4.60. The van der Waals surface area contributed by atoms with Gasteiger partial charge in [-0.15, -0.1) is 0 Å². The van der Waals surface area contributed by atoms with Crippen LogP contribution >= 0.6 is 11.6 Å².